The van der Waals surface area contributed by atoms with Crippen LogP contribution in [-0.2, 0) is 21.4 Å². The largest absolute Gasteiger partial charge is 0.508 e. The molecule has 0 spiro atoms. The molecule has 1 aliphatic carbocycles. The number of aromatic carboxylic acids is 1. The molecule has 4 aliphatic rings. The third-order valence-corrected chi connectivity index (χ3v) is 12.3. The summed E-state index contributed by atoms with van der Waals surface area (Å²) < 4.78 is 33.8. The quantitative estimate of drug-likeness (QED) is 0.0554. The molecule has 3 aliphatic heterocycles. The molecule has 19 heteroatoms. The second-order valence-corrected chi connectivity index (χ2v) is 17.2. The van der Waals surface area contributed by atoms with Gasteiger partial charge in [0.1, 0.15) is 23.1 Å². The van der Waals surface area contributed by atoms with E-state index >= 15 is 0 Å². The van der Waals surface area contributed by atoms with Crippen molar-refractivity contribution in [2.45, 2.75) is 31.8 Å². The molecule has 1 atom stereocenters. The fourth-order valence-electron chi connectivity index (χ4n) is 7.58. The number of phenolic OH excluding ortho intramolecular Hbond substituents is 1. The van der Waals surface area contributed by atoms with Gasteiger partial charge in [0.15, 0.2) is 10.5 Å². The van der Waals surface area contributed by atoms with Crippen LogP contribution in [0.5, 0.6) is 5.75 Å². The average molecular weight is 871 g/mol. The normalized spacial score (nSPS) is 14.8. The molecule has 3 heterocycles. The Bertz CT molecular complexity index is 2700. The number of aromatic hydroxyl groups is 1. The number of carbonyl (C=O) groups excluding carboxylic acids is 2. The number of sulfonamides is 1. The maximum Gasteiger partial charge on any atom is 0.336 e. The lowest BCUT2D eigenvalue weighted by Gasteiger charge is -2.25. The third kappa shape index (κ3) is 9.97. The number of nitrogens with one attached hydrogen (secondary N) is 5. The molecule has 7 rings (SSSR count). The Balaban J connectivity index is 0.934. The van der Waals surface area contributed by atoms with Gasteiger partial charge in [-0.25, -0.2) is 13.2 Å². The first-order valence-electron chi connectivity index (χ1n) is 19.4. The van der Waals surface area contributed by atoms with E-state index < -0.39 is 46.2 Å². The number of benzene rings is 4. The molecule has 318 valence electrons. The highest BCUT2D eigenvalue weighted by molar-refractivity contribution is 7.89. The van der Waals surface area contributed by atoms with Crippen molar-refractivity contribution in [3.8, 4) is 28.2 Å². The standard InChI is InChI=1S/C42H42N6O11S2/c49-27-4-7-30-35(19-27)59-36-20-28(50)5-8-31(36)37(30)29-6-3-26(18-33(29)40(53)54)46-42(60)44-14-16-61(57,58)47-34(41(55)56)21-45-38(51)24-1-2-25-22-48(39(52)32(25)17-24)15-11-23-9-12-43-13-10-23/h1-8,17-20,23,34,43,47,49H,9-16,21-22H2,(H,45,51)(H,53,54)(H,55,56)(H2,44,46,60)/t34-/m0/s1. The molecule has 0 radical (unpaired) electrons. The van der Waals surface area contributed by atoms with Crippen LogP contribution in [0.25, 0.3) is 33.4 Å². The number of fused-ring (bicyclic) bond motifs is 3. The van der Waals surface area contributed by atoms with Crippen LogP contribution < -0.4 is 31.4 Å². The van der Waals surface area contributed by atoms with Gasteiger partial charge in [-0.15, -0.1) is 0 Å². The molecule has 17 nitrogen and oxygen atoms in total. The molecule has 61 heavy (non-hydrogen) atoms. The van der Waals surface area contributed by atoms with Gasteiger partial charge in [-0.1, -0.05) is 12.1 Å². The number of hydrogen-bond acceptors (Lipinski definition) is 11. The number of anilines is 1. The fourth-order valence-corrected chi connectivity index (χ4v) is 8.91. The number of piperidine rings is 1. The van der Waals surface area contributed by atoms with Crippen LogP contribution in [0.15, 0.2) is 82.0 Å². The van der Waals surface area contributed by atoms with Crippen LogP contribution in [0.3, 0.4) is 0 Å². The monoisotopic (exact) mass is 870 g/mol. The predicted molar refractivity (Wildman–Crippen MR) is 229 cm³/mol. The zero-order valence-electron chi connectivity index (χ0n) is 32.5. The number of aliphatic carboxylic acids is 1. The Morgan fingerprint density at radius 2 is 1.69 bits per heavy atom. The van der Waals surface area contributed by atoms with Gasteiger partial charge in [0.05, 0.1) is 11.3 Å². The van der Waals surface area contributed by atoms with E-state index in [2.05, 4.69) is 26.0 Å². The lowest BCUT2D eigenvalue weighted by molar-refractivity contribution is -0.138. The number of phenols is 1. The molecule has 0 saturated carbocycles. The van der Waals surface area contributed by atoms with Crippen molar-refractivity contribution in [2.24, 2.45) is 5.92 Å². The van der Waals surface area contributed by atoms with Crippen molar-refractivity contribution >= 4 is 67.8 Å². The molecule has 0 bridgehead atoms. The number of nitrogens with zero attached hydrogens (tertiary/aromatic N) is 1. The van der Waals surface area contributed by atoms with E-state index in [4.69, 9.17) is 16.6 Å². The van der Waals surface area contributed by atoms with Gasteiger partial charge in [0, 0.05) is 71.6 Å². The average Bonchev–Trinajstić information content (AvgIpc) is 3.54. The third-order valence-electron chi connectivity index (χ3n) is 10.7. The van der Waals surface area contributed by atoms with Gasteiger partial charge in [-0.05, 0) is 110 Å². The van der Waals surface area contributed by atoms with Crippen molar-refractivity contribution in [2.75, 3.05) is 43.8 Å². The van der Waals surface area contributed by atoms with Gasteiger partial charge < -0.3 is 45.9 Å². The van der Waals surface area contributed by atoms with Crippen molar-refractivity contribution < 1.29 is 47.3 Å². The highest BCUT2D eigenvalue weighted by Gasteiger charge is 2.30. The summed E-state index contributed by atoms with van der Waals surface area (Å²) in [6.45, 7) is 2.14. The summed E-state index contributed by atoms with van der Waals surface area (Å²) in [5.41, 5.74) is 2.51. The number of carboxylic acids is 2. The Morgan fingerprint density at radius 1 is 0.918 bits per heavy atom. The maximum absolute atomic E-state index is 13.1. The van der Waals surface area contributed by atoms with E-state index in [0.717, 1.165) is 37.9 Å². The summed E-state index contributed by atoms with van der Waals surface area (Å²) >= 11 is 5.32. The van der Waals surface area contributed by atoms with Crippen LogP contribution in [0, 0.1) is 5.92 Å². The highest BCUT2D eigenvalue weighted by Crippen LogP contribution is 2.42. The number of hydrogen-bond donors (Lipinski definition) is 8. The van der Waals surface area contributed by atoms with Crippen molar-refractivity contribution in [1.82, 2.24) is 25.6 Å². The summed E-state index contributed by atoms with van der Waals surface area (Å²) in [6.07, 6.45) is 3.03. The second kappa shape index (κ2) is 18.1. The molecule has 8 N–H and O–H groups in total. The summed E-state index contributed by atoms with van der Waals surface area (Å²) in [5.74, 6) is -3.64. The van der Waals surface area contributed by atoms with Gasteiger partial charge in [-0.3, -0.25) is 19.2 Å². The number of carboxylic acid groups (broad SMARTS) is 2. The van der Waals surface area contributed by atoms with Crippen molar-refractivity contribution in [3.63, 3.8) is 0 Å². The first-order chi connectivity index (χ1) is 29.2. The smallest absolute Gasteiger partial charge is 0.336 e. The Kier molecular flexibility index (Phi) is 12.6. The van der Waals surface area contributed by atoms with E-state index in [9.17, 15) is 47.7 Å². The van der Waals surface area contributed by atoms with Crippen LogP contribution in [0.4, 0.5) is 5.69 Å². The fraction of sp³-hybridized carbons (Fsp3) is 0.286. The number of rotatable bonds is 15. The molecule has 2 amide bonds. The van der Waals surface area contributed by atoms with E-state index in [1.165, 1.54) is 48.5 Å². The topological polar surface area (TPSA) is 257 Å². The van der Waals surface area contributed by atoms with Crippen LogP contribution in [0.2, 0.25) is 0 Å². The summed E-state index contributed by atoms with van der Waals surface area (Å²) in [7, 11) is -4.24. The second-order valence-electron chi connectivity index (χ2n) is 14.9. The van der Waals surface area contributed by atoms with Crippen molar-refractivity contribution in [3.05, 3.63) is 105 Å². The zero-order valence-corrected chi connectivity index (χ0v) is 34.2. The number of amides is 2. The summed E-state index contributed by atoms with van der Waals surface area (Å²) in [5, 5.41) is 41.8. The van der Waals surface area contributed by atoms with Crippen molar-refractivity contribution in [1.29, 1.82) is 0 Å². The lowest BCUT2D eigenvalue weighted by atomic mass is 9.90. The molecule has 1 fully saturated rings. The van der Waals surface area contributed by atoms with Gasteiger partial charge in [0.2, 0.25) is 10.0 Å². The van der Waals surface area contributed by atoms with Crippen LogP contribution in [-0.4, -0.2) is 102 Å². The maximum atomic E-state index is 13.1. The Morgan fingerprint density at radius 3 is 2.44 bits per heavy atom. The molecule has 1 saturated heterocycles. The zero-order chi connectivity index (χ0) is 43.4. The van der Waals surface area contributed by atoms with E-state index in [1.54, 1.807) is 29.2 Å². The molecule has 3 aromatic rings. The van der Waals surface area contributed by atoms with E-state index in [0.29, 0.717) is 41.1 Å². The van der Waals surface area contributed by atoms with Gasteiger partial charge >= 0.3 is 11.9 Å². The lowest BCUT2D eigenvalue weighted by Crippen LogP contribution is -2.49. The molecule has 3 aromatic carbocycles. The predicted octanol–water partition coefficient (Wildman–Crippen LogP) is 3.40. The highest BCUT2D eigenvalue weighted by atomic mass is 32.2. The molecular formula is C42H42N6O11S2. The number of carbonyl (C=O) groups is 4. The van der Waals surface area contributed by atoms with Crippen LogP contribution >= 0.6 is 12.2 Å². The van der Waals surface area contributed by atoms with Gasteiger partial charge in [-0.2, -0.15) is 4.72 Å². The minimum absolute atomic E-state index is 0.0630. The number of thiocarbonyl (C=S) groups is 1. The molecule has 0 unspecified atom stereocenters. The Labute approximate surface area is 354 Å². The molecule has 0 aromatic heterocycles. The SMILES string of the molecule is O=C(NC[C@H](NS(=O)(=O)CCNC(=S)Nc1ccc(-c2c3ccc(=O)cc-3oc3cc(O)ccc23)c(C(=O)O)c1)C(=O)O)c1ccc2c(c1)C(=O)N(CCC1CCNCC1)C2. The Hall–Kier alpha value is -6.41. The van der Waals surface area contributed by atoms with Gasteiger partial charge in [0.25, 0.3) is 11.8 Å². The first-order valence-corrected chi connectivity index (χ1v) is 21.5. The van der Waals surface area contributed by atoms with E-state index in [-0.39, 0.29) is 62.5 Å². The molecular weight excluding hydrogens is 829 g/mol. The summed E-state index contributed by atoms with van der Waals surface area (Å²) in [6, 6.07) is 15.9. The minimum Gasteiger partial charge on any atom is -0.508 e. The van der Waals surface area contributed by atoms with Crippen LogP contribution in [0.1, 0.15) is 55.9 Å². The summed E-state index contributed by atoms with van der Waals surface area (Å²) in [4.78, 5) is 64.6. The minimum atomic E-state index is -4.24. The first kappa shape index (κ1) is 42.7. The van der Waals surface area contributed by atoms with E-state index in [1.807, 2.05) is 0 Å².